The molecular weight excluding hydrogens is 324 g/mol. The van der Waals surface area contributed by atoms with Crippen molar-refractivity contribution in [1.29, 1.82) is 5.26 Å². The zero-order valence-electron chi connectivity index (χ0n) is 12.9. The van der Waals surface area contributed by atoms with E-state index in [2.05, 4.69) is 4.98 Å². The predicted octanol–water partition coefficient (Wildman–Crippen LogP) is 1.19. The molecule has 0 spiro atoms. The van der Waals surface area contributed by atoms with Crippen molar-refractivity contribution in [2.75, 3.05) is 11.5 Å². The molecule has 124 valence electrons. The van der Waals surface area contributed by atoms with Crippen LogP contribution < -0.4 is 15.4 Å². The quantitative estimate of drug-likeness (QED) is 0.880. The molecule has 1 aromatic heterocycles. The maximum Gasteiger partial charge on any atom is 0.415 e. The first-order valence-electron chi connectivity index (χ1n) is 7.51. The number of nitrogens with two attached hydrogens (primary N) is 1. The van der Waals surface area contributed by atoms with E-state index in [-0.39, 0.29) is 6.61 Å². The van der Waals surface area contributed by atoms with Gasteiger partial charge in [-0.2, -0.15) is 5.26 Å². The fraction of sp³-hybridized carbons (Fsp3) is 0.176. The minimum atomic E-state index is -1.02. The number of hydrogen-bond acceptors (Lipinski definition) is 6. The maximum atomic E-state index is 12.1. The van der Waals surface area contributed by atoms with Gasteiger partial charge in [0.15, 0.2) is 0 Å². The van der Waals surface area contributed by atoms with Gasteiger partial charge in [-0.25, -0.2) is 9.78 Å². The van der Waals surface area contributed by atoms with Gasteiger partial charge in [0.2, 0.25) is 6.10 Å². The van der Waals surface area contributed by atoms with E-state index in [1.165, 1.54) is 4.90 Å². The summed E-state index contributed by atoms with van der Waals surface area (Å²) in [5, 5.41) is 8.81. The van der Waals surface area contributed by atoms with Crippen LogP contribution in [-0.4, -0.2) is 35.7 Å². The van der Waals surface area contributed by atoms with Crippen LogP contribution >= 0.6 is 0 Å². The van der Waals surface area contributed by atoms with Crippen molar-refractivity contribution in [1.82, 2.24) is 4.98 Å². The largest absolute Gasteiger partial charge is 0.489 e. The highest BCUT2D eigenvalue weighted by atomic mass is 16.6. The second-order valence-corrected chi connectivity index (χ2v) is 5.68. The number of benzene rings is 1. The summed E-state index contributed by atoms with van der Waals surface area (Å²) < 4.78 is 10.8. The summed E-state index contributed by atoms with van der Waals surface area (Å²) in [5.74, 6) is -0.201. The number of amides is 2. The zero-order chi connectivity index (χ0) is 17.6. The van der Waals surface area contributed by atoms with Crippen molar-refractivity contribution >= 4 is 17.7 Å². The molecule has 2 N–H and O–H groups in total. The van der Waals surface area contributed by atoms with Crippen LogP contribution in [0.15, 0.2) is 36.5 Å². The van der Waals surface area contributed by atoms with Crippen LogP contribution in [-0.2, 0) is 9.53 Å². The first-order valence-corrected chi connectivity index (χ1v) is 7.51. The van der Waals surface area contributed by atoms with Gasteiger partial charge in [-0.15, -0.1) is 0 Å². The van der Waals surface area contributed by atoms with Crippen molar-refractivity contribution in [2.24, 2.45) is 5.73 Å². The Morgan fingerprint density at radius 1 is 1.32 bits per heavy atom. The molecule has 8 nitrogen and oxygen atoms in total. The number of nitriles is 1. The fourth-order valence-electron chi connectivity index (χ4n) is 3.02. The fourth-order valence-corrected chi connectivity index (χ4v) is 3.02. The van der Waals surface area contributed by atoms with Crippen LogP contribution in [0.3, 0.4) is 0 Å². The lowest BCUT2D eigenvalue weighted by Gasteiger charge is -2.30. The van der Waals surface area contributed by atoms with Gasteiger partial charge in [-0.1, -0.05) is 6.07 Å². The highest BCUT2D eigenvalue weighted by Gasteiger charge is 2.49. The monoisotopic (exact) mass is 336 g/mol. The van der Waals surface area contributed by atoms with Crippen LogP contribution in [0.2, 0.25) is 0 Å². The summed E-state index contributed by atoms with van der Waals surface area (Å²) in [6.07, 6.45) is -0.0479. The third-order valence-electron chi connectivity index (χ3n) is 4.23. The van der Waals surface area contributed by atoms with Gasteiger partial charge in [0, 0.05) is 11.8 Å². The van der Waals surface area contributed by atoms with Gasteiger partial charge >= 0.3 is 6.09 Å². The number of cyclic esters (lactones) is 1. The minimum absolute atomic E-state index is 0.113. The number of hydrogen-bond donors (Lipinski definition) is 1. The molecule has 2 aliphatic rings. The summed E-state index contributed by atoms with van der Waals surface area (Å²) in [6.45, 7) is 0.113. The molecule has 3 heterocycles. The van der Waals surface area contributed by atoms with E-state index in [1.807, 2.05) is 6.07 Å². The Labute approximate surface area is 142 Å². The molecule has 2 aromatic rings. The lowest BCUT2D eigenvalue weighted by molar-refractivity contribution is -0.125. The Balaban J connectivity index is 1.70. The van der Waals surface area contributed by atoms with E-state index in [0.29, 0.717) is 17.1 Å². The number of rotatable bonds is 2. The van der Waals surface area contributed by atoms with Gasteiger partial charge in [0.1, 0.15) is 30.2 Å². The number of aromatic nitrogens is 1. The average molecular weight is 336 g/mol. The minimum Gasteiger partial charge on any atom is -0.489 e. The first kappa shape index (κ1) is 15.0. The van der Waals surface area contributed by atoms with Crippen LogP contribution in [0.5, 0.6) is 5.75 Å². The smallest absolute Gasteiger partial charge is 0.415 e. The van der Waals surface area contributed by atoms with Crippen LogP contribution in [0.25, 0.3) is 11.1 Å². The summed E-state index contributed by atoms with van der Waals surface area (Å²) >= 11 is 0. The van der Waals surface area contributed by atoms with E-state index in [1.54, 1.807) is 36.5 Å². The van der Waals surface area contributed by atoms with Crippen molar-refractivity contribution < 1.29 is 19.1 Å². The Morgan fingerprint density at radius 2 is 2.12 bits per heavy atom. The number of anilines is 1. The zero-order valence-corrected chi connectivity index (χ0v) is 12.9. The Hall–Kier alpha value is -3.60. The summed E-state index contributed by atoms with van der Waals surface area (Å²) in [4.78, 5) is 29.0. The molecule has 2 amide bonds. The third-order valence-corrected chi connectivity index (χ3v) is 4.23. The topological polar surface area (TPSA) is 119 Å². The van der Waals surface area contributed by atoms with Crippen molar-refractivity contribution in [3.63, 3.8) is 0 Å². The normalized spacial score (nSPS) is 20.8. The van der Waals surface area contributed by atoms with Gasteiger partial charge < -0.3 is 15.2 Å². The van der Waals surface area contributed by atoms with Gasteiger partial charge in [0.25, 0.3) is 5.91 Å². The Bertz CT molecular complexity index is 919. The standard InChI is InChI=1S/C17H12N4O4/c18-6-11-3-1-10(7-20-11)9-2-4-12-14(5-9)24-8-13-15(16(19)22)25-17(23)21(12)13/h1-5,7,13,15H,8H2,(H2,19,22)/t13-,15+/m0/s1. The van der Waals surface area contributed by atoms with Gasteiger partial charge in [-0.3, -0.25) is 9.69 Å². The van der Waals surface area contributed by atoms with E-state index in [0.717, 1.165) is 11.1 Å². The van der Waals surface area contributed by atoms with E-state index < -0.39 is 24.1 Å². The van der Waals surface area contributed by atoms with Crippen LogP contribution in [0.4, 0.5) is 10.5 Å². The van der Waals surface area contributed by atoms with Gasteiger partial charge in [-0.05, 0) is 29.8 Å². The van der Waals surface area contributed by atoms with Gasteiger partial charge in [0.05, 0.1) is 5.69 Å². The molecule has 2 atom stereocenters. The molecule has 8 heteroatoms. The maximum absolute atomic E-state index is 12.1. The van der Waals surface area contributed by atoms with Crippen molar-refractivity contribution in [3.05, 3.63) is 42.2 Å². The Kier molecular flexibility index (Phi) is 3.28. The number of primary amides is 1. The average Bonchev–Trinajstić information content (AvgIpc) is 2.99. The highest BCUT2D eigenvalue weighted by molar-refractivity contribution is 5.98. The Morgan fingerprint density at radius 3 is 2.80 bits per heavy atom. The molecule has 4 rings (SSSR count). The van der Waals surface area contributed by atoms with Crippen molar-refractivity contribution in [3.8, 4) is 22.9 Å². The molecule has 0 bridgehead atoms. The SMILES string of the molecule is N#Cc1ccc(-c2ccc3c(c2)OC[C@H]2[C@H](C(N)=O)OC(=O)N32)cn1. The second-order valence-electron chi connectivity index (χ2n) is 5.68. The van der Waals surface area contributed by atoms with Crippen LogP contribution in [0, 0.1) is 11.3 Å². The summed E-state index contributed by atoms with van der Waals surface area (Å²) in [5.41, 5.74) is 7.78. The number of pyridine rings is 1. The molecule has 0 aliphatic carbocycles. The molecule has 1 aromatic carbocycles. The molecule has 0 saturated carbocycles. The predicted molar refractivity (Wildman–Crippen MR) is 85.6 cm³/mol. The molecule has 1 saturated heterocycles. The van der Waals surface area contributed by atoms with E-state index in [4.69, 9.17) is 20.5 Å². The lowest BCUT2D eigenvalue weighted by Crippen LogP contribution is -2.48. The number of nitrogens with zero attached hydrogens (tertiary/aromatic N) is 3. The molecular formula is C17H12N4O4. The van der Waals surface area contributed by atoms with E-state index in [9.17, 15) is 9.59 Å². The van der Waals surface area contributed by atoms with Crippen LogP contribution in [0.1, 0.15) is 5.69 Å². The molecule has 25 heavy (non-hydrogen) atoms. The highest BCUT2D eigenvalue weighted by Crippen LogP contribution is 2.40. The summed E-state index contributed by atoms with van der Waals surface area (Å²) in [7, 11) is 0. The third kappa shape index (κ3) is 2.33. The van der Waals surface area contributed by atoms with Crippen molar-refractivity contribution in [2.45, 2.75) is 12.1 Å². The number of carbonyl (C=O) groups is 2. The van der Waals surface area contributed by atoms with E-state index >= 15 is 0 Å². The molecule has 0 radical (unpaired) electrons. The number of ether oxygens (including phenoxy) is 2. The lowest BCUT2D eigenvalue weighted by atomic mass is 10.0. The summed E-state index contributed by atoms with van der Waals surface area (Å²) in [6, 6.07) is 10.1. The molecule has 1 fully saturated rings. The first-order chi connectivity index (χ1) is 12.1. The molecule has 2 aliphatic heterocycles. The number of fused-ring (bicyclic) bond motifs is 3. The number of carbonyl (C=O) groups excluding carboxylic acids is 2. The molecule has 0 unspecified atom stereocenters. The second kappa shape index (κ2) is 5.49.